The third-order valence-electron chi connectivity index (χ3n) is 4.15. The second-order valence-electron chi connectivity index (χ2n) is 5.37. The molecule has 0 aromatic rings. The van der Waals surface area contributed by atoms with Crippen LogP contribution in [0.4, 0.5) is 0 Å². The molecule has 0 aliphatic carbocycles. The largest absolute Gasteiger partial charge is 0.481 e. The van der Waals surface area contributed by atoms with Crippen molar-refractivity contribution in [2.24, 2.45) is 11.8 Å². The molecule has 0 spiro atoms. The standard InChI is InChI=1S/C14H24N2O4/c1-5-15(6-2)12(18)8-16-10(4)13(14(19)20)9(3)7-11(16)17/h9-10,13H,5-8H2,1-4H3,(H,19,20). The highest BCUT2D eigenvalue weighted by Gasteiger charge is 2.42. The van der Waals surface area contributed by atoms with Gasteiger partial charge in [-0.1, -0.05) is 6.92 Å². The topological polar surface area (TPSA) is 77.9 Å². The molecule has 1 rings (SSSR count). The quantitative estimate of drug-likeness (QED) is 0.810. The molecule has 1 N–H and O–H groups in total. The molecule has 0 radical (unpaired) electrons. The first-order chi connectivity index (χ1) is 9.33. The lowest BCUT2D eigenvalue weighted by Crippen LogP contribution is -2.55. The van der Waals surface area contributed by atoms with Crippen LogP contribution in [0.2, 0.25) is 0 Å². The van der Waals surface area contributed by atoms with Crippen molar-refractivity contribution in [2.45, 2.75) is 40.2 Å². The summed E-state index contributed by atoms with van der Waals surface area (Å²) in [5, 5.41) is 9.29. The van der Waals surface area contributed by atoms with Crippen LogP contribution < -0.4 is 0 Å². The molecule has 6 heteroatoms. The molecule has 1 heterocycles. The van der Waals surface area contributed by atoms with Crippen molar-refractivity contribution >= 4 is 17.8 Å². The van der Waals surface area contributed by atoms with Crippen LogP contribution in [0.25, 0.3) is 0 Å². The number of carboxylic acids is 1. The summed E-state index contributed by atoms with van der Waals surface area (Å²) in [6.45, 7) is 8.39. The van der Waals surface area contributed by atoms with Crippen LogP contribution in [-0.2, 0) is 14.4 Å². The molecule has 1 saturated heterocycles. The molecule has 3 atom stereocenters. The molecule has 6 nitrogen and oxygen atoms in total. The van der Waals surface area contributed by atoms with E-state index < -0.39 is 17.9 Å². The summed E-state index contributed by atoms with van der Waals surface area (Å²) < 4.78 is 0. The van der Waals surface area contributed by atoms with Gasteiger partial charge in [0, 0.05) is 25.6 Å². The number of likely N-dealkylation sites (N-methyl/N-ethyl adjacent to an activating group) is 1. The summed E-state index contributed by atoms with van der Waals surface area (Å²) in [5.74, 6) is -1.98. The molecule has 0 bridgehead atoms. The first-order valence-corrected chi connectivity index (χ1v) is 7.13. The van der Waals surface area contributed by atoms with Crippen molar-refractivity contribution in [3.63, 3.8) is 0 Å². The smallest absolute Gasteiger partial charge is 0.308 e. The molecule has 114 valence electrons. The Morgan fingerprint density at radius 3 is 2.30 bits per heavy atom. The zero-order chi connectivity index (χ0) is 15.4. The van der Waals surface area contributed by atoms with E-state index in [0.29, 0.717) is 13.1 Å². The highest BCUT2D eigenvalue weighted by molar-refractivity contribution is 5.87. The lowest BCUT2D eigenvalue weighted by atomic mass is 9.81. The molecule has 1 fully saturated rings. The first-order valence-electron chi connectivity index (χ1n) is 7.13. The Morgan fingerprint density at radius 2 is 1.85 bits per heavy atom. The summed E-state index contributed by atoms with van der Waals surface area (Å²) >= 11 is 0. The lowest BCUT2D eigenvalue weighted by Gasteiger charge is -2.40. The van der Waals surface area contributed by atoms with Crippen molar-refractivity contribution in [3.8, 4) is 0 Å². The van der Waals surface area contributed by atoms with Gasteiger partial charge in [0.05, 0.1) is 5.92 Å². The number of carboxylic acid groups (broad SMARTS) is 1. The number of carbonyl (C=O) groups is 3. The number of rotatable bonds is 5. The van der Waals surface area contributed by atoms with Gasteiger partial charge in [-0.15, -0.1) is 0 Å². The van der Waals surface area contributed by atoms with E-state index in [1.165, 1.54) is 4.90 Å². The molecule has 0 saturated carbocycles. The van der Waals surface area contributed by atoms with Gasteiger partial charge in [-0.05, 0) is 26.7 Å². The SMILES string of the molecule is CCN(CC)C(=O)CN1C(=O)CC(C)C(C(=O)O)C1C. The Bertz CT molecular complexity index is 393. The maximum absolute atomic E-state index is 12.1. The van der Waals surface area contributed by atoms with Crippen molar-refractivity contribution < 1.29 is 19.5 Å². The van der Waals surface area contributed by atoms with Gasteiger partial charge in [-0.2, -0.15) is 0 Å². The highest BCUT2D eigenvalue weighted by atomic mass is 16.4. The third-order valence-corrected chi connectivity index (χ3v) is 4.15. The van der Waals surface area contributed by atoms with Crippen molar-refractivity contribution in [2.75, 3.05) is 19.6 Å². The average Bonchev–Trinajstić information content (AvgIpc) is 2.35. The molecule has 0 aromatic heterocycles. The van der Waals surface area contributed by atoms with Gasteiger partial charge < -0.3 is 14.9 Å². The summed E-state index contributed by atoms with van der Waals surface area (Å²) in [4.78, 5) is 38.6. The van der Waals surface area contributed by atoms with Gasteiger partial charge in [0.2, 0.25) is 11.8 Å². The highest BCUT2D eigenvalue weighted by Crippen LogP contribution is 2.29. The van der Waals surface area contributed by atoms with Crippen LogP contribution in [0, 0.1) is 11.8 Å². The zero-order valence-corrected chi connectivity index (χ0v) is 12.6. The van der Waals surface area contributed by atoms with Crippen LogP contribution in [-0.4, -0.2) is 58.4 Å². The minimum absolute atomic E-state index is 0.0296. The molecule has 2 amide bonds. The molecule has 3 unspecified atom stereocenters. The molecule has 1 aliphatic rings. The van der Waals surface area contributed by atoms with Crippen LogP contribution in [0.15, 0.2) is 0 Å². The van der Waals surface area contributed by atoms with Gasteiger partial charge in [0.25, 0.3) is 0 Å². The van der Waals surface area contributed by atoms with Gasteiger partial charge in [0.15, 0.2) is 0 Å². The first kappa shape index (κ1) is 16.5. The Morgan fingerprint density at radius 1 is 1.30 bits per heavy atom. The Hall–Kier alpha value is -1.59. The monoisotopic (exact) mass is 284 g/mol. The van der Waals surface area contributed by atoms with E-state index >= 15 is 0 Å². The van der Waals surface area contributed by atoms with Gasteiger partial charge >= 0.3 is 5.97 Å². The van der Waals surface area contributed by atoms with E-state index in [0.717, 1.165) is 0 Å². The molecule has 1 aliphatic heterocycles. The van der Waals surface area contributed by atoms with E-state index in [2.05, 4.69) is 0 Å². The minimum atomic E-state index is -0.905. The Labute approximate surface area is 119 Å². The average molecular weight is 284 g/mol. The second-order valence-corrected chi connectivity index (χ2v) is 5.37. The summed E-state index contributed by atoms with van der Waals surface area (Å²) in [5.41, 5.74) is 0. The number of hydrogen-bond acceptors (Lipinski definition) is 3. The number of aliphatic carboxylic acids is 1. The van der Waals surface area contributed by atoms with Gasteiger partial charge in [-0.25, -0.2) is 0 Å². The zero-order valence-electron chi connectivity index (χ0n) is 12.6. The summed E-state index contributed by atoms with van der Waals surface area (Å²) in [6.07, 6.45) is 0.187. The van der Waals surface area contributed by atoms with E-state index in [1.54, 1.807) is 18.7 Å². The fourth-order valence-corrected chi connectivity index (χ4v) is 2.92. The van der Waals surface area contributed by atoms with Crippen LogP contribution >= 0.6 is 0 Å². The number of carbonyl (C=O) groups excluding carboxylic acids is 2. The lowest BCUT2D eigenvalue weighted by molar-refractivity contribution is -0.157. The minimum Gasteiger partial charge on any atom is -0.481 e. The van der Waals surface area contributed by atoms with E-state index in [-0.39, 0.29) is 30.7 Å². The molecular weight excluding hydrogens is 260 g/mol. The molecular formula is C14H24N2O4. The van der Waals surface area contributed by atoms with E-state index in [1.807, 2.05) is 13.8 Å². The van der Waals surface area contributed by atoms with Crippen molar-refractivity contribution in [1.29, 1.82) is 0 Å². The predicted molar refractivity (Wildman–Crippen MR) is 74.0 cm³/mol. The fourth-order valence-electron chi connectivity index (χ4n) is 2.92. The normalized spacial score (nSPS) is 26.5. The van der Waals surface area contributed by atoms with Crippen molar-refractivity contribution in [3.05, 3.63) is 0 Å². The summed E-state index contributed by atoms with van der Waals surface area (Å²) in [6, 6.07) is -0.455. The third kappa shape index (κ3) is 3.29. The number of amides is 2. The number of piperidine rings is 1. The Kier molecular flexibility index (Phi) is 5.53. The van der Waals surface area contributed by atoms with Gasteiger partial charge in [0.1, 0.15) is 6.54 Å². The molecule has 0 aromatic carbocycles. The Balaban J connectivity index is 2.85. The summed E-state index contributed by atoms with van der Waals surface area (Å²) in [7, 11) is 0. The molecule has 20 heavy (non-hydrogen) atoms. The maximum atomic E-state index is 12.1. The number of hydrogen-bond donors (Lipinski definition) is 1. The van der Waals surface area contributed by atoms with Crippen LogP contribution in [0.1, 0.15) is 34.1 Å². The number of likely N-dealkylation sites (tertiary alicyclic amines) is 1. The number of nitrogens with zero attached hydrogens (tertiary/aromatic N) is 2. The van der Waals surface area contributed by atoms with Gasteiger partial charge in [-0.3, -0.25) is 14.4 Å². The predicted octanol–water partition coefficient (Wildman–Crippen LogP) is 0.812. The van der Waals surface area contributed by atoms with Crippen LogP contribution in [0.3, 0.4) is 0 Å². The van der Waals surface area contributed by atoms with Crippen LogP contribution in [0.5, 0.6) is 0 Å². The second kappa shape index (κ2) is 6.72. The van der Waals surface area contributed by atoms with Crippen molar-refractivity contribution in [1.82, 2.24) is 9.80 Å². The fraction of sp³-hybridized carbons (Fsp3) is 0.786. The van der Waals surface area contributed by atoms with E-state index in [4.69, 9.17) is 0 Å². The van der Waals surface area contributed by atoms with E-state index in [9.17, 15) is 19.5 Å². The maximum Gasteiger partial charge on any atom is 0.308 e.